The smallest absolute Gasteiger partial charge is 0.122 e. The molecule has 1 aromatic carbocycles. The molecule has 1 unspecified atom stereocenters. The summed E-state index contributed by atoms with van der Waals surface area (Å²) in [5, 5.41) is 3.66. The van der Waals surface area contributed by atoms with Gasteiger partial charge in [-0.15, -0.1) is 0 Å². The summed E-state index contributed by atoms with van der Waals surface area (Å²) in [5.41, 5.74) is 1.36. The first-order valence-corrected chi connectivity index (χ1v) is 6.84. The Hall–Kier alpha value is -1.06. The number of fused-ring (bicyclic) bond motifs is 1. The molecular weight excluding hydrogens is 226 g/mol. The topological polar surface area (TPSA) is 30.5 Å². The lowest BCUT2D eigenvalue weighted by molar-refractivity contribution is 0.0169. The molecular formula is C15H21NO2. The van der Waals surface area contributed by atoms with Crippen molar-refractivity contribution in [3.05, 3.63) is 29.8 Å². The molecule has 18 heavy (non-hydrogen) atoms. The molecule has 3 nitrogen and oxygen atoms in total. The molecule has 1 N–H and O–H groups in total. The minimum atomic E-state index is 0.476. The Labute approximate surface area is 108 Å². The van der Waals surface area contributed by atoms with E-state index in [4.69, 9.17) is 9.47 Å². The van der Waals surface area contributed by atoms with Gasteiger partial charge < -0.3 is 14.8 Å². The van der Waals surface area contributed by atoms with Crippen molar-refractivity contribution in [1.29, 1.82) is 0 Å². The number of para-hydroxylation sites is 1. The molecule has 0 bridgehead atoms. The number of ether oxygens (including phenoxy) is 2. The highest BCUT2D eigenvalue weighted by molar-refractivity contribution is 5.37. The zero-order valence-corrected chi connectivity index (χ0v) is 10.9. The van der Waals surface area contributed by atoms with E-state index < -0.39 is 0 Å². The lowest BCUT2D eigenvalue weighted by Crippen LogP contribution is -2.46. The maximum Gasteiger partial charge on any atom is 0.122 e. The molecule has 1 fully saturated rings. The quantitative estimate of drug-likeness (QED) is 0.885. The van der Waals surface area contributed by atoms with Crippen LogP contribution in [0.4, 0.5) is 0 Å². The fraction of sp³-hybridized carbons (Fsp3) is 0.600. The Morgan fingerprint density at radius 1 is 1.33 bits per heavy atom. The highest BCUT2D eigenvalue weighted by Crippen LogP contribution is 2.33. The molecule has 1 heterocycles. The second-order valence-corrected chi connectivity index (χ2v) is 5.31. The fourth-order valence-corrected chi connectivity index (χ4v) is 2.86. The van der Waals surface area contributed by atoms with Crippen LogP contribution in [0.25, 0.3) is 0 Å². The lowest BCUT2D eigenvalue weighted by atomic mass is 9.87. The van der Waals surface area contributed by atoms with Crippen LogP contribution >= 0.6 is 0 Å². The Morgan fingerprint density at radius 3 is 3.00 bits per heavy atom. The van der Waals surface area contributed by atoms with Crippen LogP contribution in [0.15, 0.2) is 24.3 Å². The van der Waals surface area contributed by atoms with Crippen molar-refractivity contribution in [3.63, 3.8) is 0 Å². The van der Waals surface area contributed by atoms with Crippen molar-refractivity contribution in [2.75, 3.05) is 20.3 Å². The third kappa shape index (κ3) is 2.38. The van der Waals surface area contributed by atoms with Gasteiger partial charge in [-0.05, 0) is 30.9 Å². The third-order valence-electron chi connectivity index (χ3n) is 4.16. The van der Waals surface area contributed by atoms with Crippen LogP contribution in [0.2, 0.25) is 0 Å². The highest BCUT2D eigenvalue weighted by atomic mass is 16.5. The van der Waals surface area contributed by atoms with Gasteiger partial charge in [-0.2, -0.15) is 0 Å². The summed E-state index contributed by atoms with van der Waals surface area (Å²) in [4.78, 5) is 0. The molecule has 2 aliphatic rings. The normalized spacial score (nSPS) is 30.2. The first-order valence-electron chi connectivity index (χ1n) is 6.84. The number of methoxy groups -OCH3 is 1. The average molecular weight is 247 g/mol. The number of benzene rings is 1. The summed E-state index contributed by atoms with van der Waals surface area (Å²) >= 11 is 0. The predicted octanol–water partition coefficient (Wildman–Crippen LogP) is 2.32. The van der Waals surface area contributed by atoms with Crippen LogP contribution in [-0.2, 0) is 4.74 Å². The standard InChI is InChI=1S/C15H21NO2/c1-17-13-8-12(9-13)16-10-11-6-7-18-15-5-3-2-4-14(11)15/h2-5,11-13,16H,6-10H2,1H3. The molecule has 0 saturated heterocycles. The van der Waals surface area contributed by atoms with Crippen LogP contribution in [-0.4, -0.2) is 32.4 Å². The molecule has 1 aromatic rings. The van der Waals surface area contributed by atoms with Gasteiger partial charge in [0.2, 0.25) is 0 Å². The van der Waals surface area contributed by atoms with Gasteiger partial charge in [0, 0.05) is 25.6 Å². The molecule has 98 valence electrons. The van der Waals surface area contributed by atoms with Gasteiger partial charge in [-0.1, -0.05) is 18.2 Å². The summed E-state index contributed by atoms with van der Waals surface area (Å²) < 4.78 is 11.0. The molecule has 1 atom stereocenters. The van der Waals surface area contributed by atoms with Gasteiger partial charge in [0.15, 0.2) is 0 Å². The van der Waals surface area contributed by atoms with Crippen molar-refractivity contribution in [2.24, 2.45) is 0 Å². The zero-order chi connectivity index (χ0) is 12.4. The van der Waals surface area contributed by atoms with E-state index in [1.54, 1.807) is 7.11 Å². The molecule has 0 aromatic heterocycles. The number of rotatable bonds is 4. The van der Waals surface area contributed by atoms with E-state index in [1.165, 1.54) is 5.56 Å². The maximum absolute atomic E-state index is 5.69. The minimum absolute atomic E-state index is 0.476. The largest absolute Gasteiger partial charge is 0.493 e. The minimum Gasteiger partial charge on any atom is -0.493 e. The van der Waals surface area contributed by atoms with Crippen molar-refractivity contribution in [1.82, 2.24) is 5.32 Å². The molecule has 3 heteroatoms. The van der Waals surface area contributed by atoms with E-state index in [0.717, 1.165) is 38.2 Å². The SMILES string of the molecule is COC1CC(NCC2CCOc3ccccc32)C1. The summed E-state index contributed by atoms with van der Waals surface area (Å²) in [6.45, 7) is 1.90. The Bertz CT molecular complexity index is 401. The summed E-state index contributed by atoms with van der Waals surface area (Å²) in [7, 11) is 1.80. The number of hydrogen-bond donors (Lipinski definition) is 1. The van der Waals surface area contributed by atoms with Crippen molar-refractivity contribution < 1.29 is 9.47 Å². The van der Waals surface area contributed by atoms with E-state index in [2.05, 4.69) is 23.5 Å². The second-order valence-electron chi connectivity index (χ2n) is 5.31. The molecule has 3 rings (SSSR count). The average Bonchev–Trinajstić information content (AvgIpc) is 2.37. The van der Waals surface area contributed by atoms with E-state index in [-0.39, 0.29) is 0 Å². The molecule has 1 aliphatic carbocycles. The van der Waals surface area contributed by atoms with Gasteiger partial charge in [-0.25, -0.2) is 0 Å². The van der Waals surface area contributed by atoms with Gasteiger partial charge in [0.1, 0.15) is 5.75 Å². The highest BCUT2D eigenvalue weighted by Gasteiger charge is 2.30. The molecule has 0 spiro atoms. The van der Waals surface area contributed by atoms with Crippen molar-refractivity contribution >= 4 is 0 Å². The van der Waals surface area contributed by atoms with E-state index in [1.807, 2.05) is 6.07 Å². The van der Waals surface area contributed by atoms with Crippen LogP contribution in [0.1, 0.15) is 30.7 Å². The van der Waals surface area contributed by atoms with Crippen LogP contribution in [0, 0.1) is 0 Å². The maximum atomic E-state index is 5.69. The first-order chi connectivity index (χ1) is 8.86. The summed E-state index contributed by atoms with van der Waals surface area (Å²) in [6.07, 6.45) is 3.90. The second kappa shape index (κ2) is 5.29. The molecule has 0 amide bonds. The third-order valence-corrected chi connectivity index (χ3v) is 4.16. The van der Waals surface area contributed by atoms with Gasteiger partial charge in [-0.3, -0.25) is 0 Å². The van der Waals surface area contributed by atoms with Crippen LogP contribution < -0.4 is 10.1 Å². The van der Waals surface area contributed by atoms with Crippen molar-refractivity contribution in [3.8, 4) is 5.75 Å². The molecule has 1 saturated carbocycles. The van der Waals surface area contributed by atoms with Gasteiger partial charge in [0.05, 0.1) is 12.7 Å². The molecule has 1 aliphatic heterocycles. The summed E-state index contributed by atoms with van der Waals surface area (Å²) in [5.74, 6) is 1.66. The van der Waals surface area contributed by atoms with Crippen LogP contribution in [0.3, 0.4) is 0 Å². The zero-order valence-electron chi connectivity index (χ0n) is 10.9. The van der Waals surface area contributed by atoms with Crippen LogP contribution in [0.5, 0.6) is 5.75 Å². The van der Waals surface area contributed by atoms with Gasteiger partial charge in [0.25, 0.3) is 0 Å². The number of hydrogen-bond acceptors (Lipinski definition) is 3. The monoisotopic (exact) mass is 247 g/mol. The first kappa shape index (κ1) is 12.0. The predicted molar refractivity (Wildman–Crippen MR) is 71.1 cm³/mol. The molecule has 0 radical (unpaired) electrons. The Kier molecular flexibility index (Phi) is 3.52. The van der Waals surface area contributed by atoms with E-state index in [0.29, 0.717) is 18.1 Å². The van der Waals surface area contributed by atoms with Gasteiger partial charge >= 0.3 is 0 Å². The van der Waals surface area contributed by atoms with E-state index >= 15 is 0 Å². The van der Waals surface area contributed by atoms with E-state index in [9.17, 15) is 0 Å². The number of nitrogens with one attached hydrogen (secondary N) is 1. The summed E-state index contributed by atoms with van der Waals surface area (Å²) in [6, 6.07) is 9.06. The Morgan fingerprint density at radius 2 is 2.17 bits per heavy atom. The Balaban J connectivity index is 1.55. The fourth-order valence-electron chi connectivity index (χ4n) is 2.86. The van der Waals surface area contributed by atoms with Crippen molar-refractivity contribution in [2.45, 2.75) is 37.3 Å². The lowest BCUT2D eigenvalue weighted by Gasteiger charge is -2.36.